The number of hydrogen-bond donors (Lipinski definition) is 1. The first-order valence-electron chi connectivity index (χ1n) is 10.6. The van der Waals surface area contributed by atoms with Crippen molar-refractivity contribution in [2.24, 2.45) is 0 Å². The van der Waals surface area contributed by atoms with Crippen molar-refractivity contribution >= 4 is 28.9 Å². The Labute approximate surface area is 178 Å². The highest BCUT2D eigenvalue weighted by molar-refractivity contribution is 7.99. The van der Waals surface area contributed by atoms with Crippen LogP contribution >= 0.6 is 23.1 Å². The van der Waals surface area contributed by atoms with E-state index in [1.165, 1.54) is 49.9 Å². The lowest BCUT2D eigenvalue weighted by molar-refractivity contribution is 0.103. The van der Waals surface area contributed by atoms with E-state index in [9.17, 15) is 4.79 Å². The van der Waals surface area contributed by atoms with E-state index in [0.717, 1.165) is 40.0 Å². The van der Waals surface area contributed by atoms with Crippen LogP contribution in [0, 0.1) is 0 Å². The molecular weight excluding hydrogens is 384 g/mol. The van der Waals surface area contributed by atoms with Gasteiger partial charge in [-0.15, -0.1) is 23.1 Å². The van der Waals surface area contributed by atoms with Crippen molar-refractivity contribution in [3.05, 3.63) is 45.8 Å². The summed E-state index contributed by atoms with van der Waals surface area (Å²) in [6.45, 7) is 8.79. The van der Waals surface area contributed by atoms with Crippen molar-refractivity contribution in [1.82, 2.24) is 10.3 Å². The molecule has 0 amide bonds. The summed E-state index contributed by atoms with van der Waals surface area (Å²) >= 11 is 3.23. The van der Waals surface area contributed by atoms with Crippen LogP contribution in [0.3, 0.4) is 0 Å². The van der Waals surface area contributed by atoms with Crippen molar-refractivity contribution in [2.75, 3.05) is 18.8 Å². The predicted octanol–water partition coefficient (Wildman–Crippen LogP) is 6.54. The third kappa shape index (κ3) is 7.69. The van der Waals surface area contributed by atoms with E-state index >= 15 is 0 Å². The van der Waals surface area contributed by atoms with Gasteiger partial charge in [0.1, 0.15) is 5.03 Å². The van der Waals surface area contributed by atoms with Gasteiger partial charge < -0.3 is 5.32 Å². The van der Waals surface area contributed by atoms with Gasteiger partial charge >= 0.3 is 0 Å². The molecule has 0 radical (unpaired) electrons. The van der Waals surface area contributed by atoms with Crippen molar-refractivity contribution in [3.63, 3.8) is 0 Å². The normalized spacial score (nSPS) is 11.3. The third-order valence-corrected chi connectivity index (χ3v) is 6.60. The number of aromatic nitrogens is 1. The Morgan fingerprint density at radius 1 is 1.11 bits per heavy atom. The molecule has 0 aromatic carbocycles. The van der Waals surface area contributed by atoms with Gasteiger partial charge in [0.2, 0.25) is 5.78 Å². The first-order chi connectivity index (χ1) is 13.6. The molecule has 0 spiro atoms. The Morgan fingerprint density at radius 2 is 1.89 bits per heavy atom. The van der Waals surface area contributed by atoms with Crippen molar-refractivity contribution < 1.29 is 4.79 Å². The molecule has 0 aliphatic carbocycles. The van der Waals surface area contributed by atoms with Crippen molar-refractivity contribution in [3.8, 4) is 0 Å². The molecular formula is C23H34N2OS2. The Balaban J connectivity index is 1.83. The van der Waals surface area contributed by atoms with Gasteiger partial charge in [-0.3, -0.25) is 4.79 Å². The predicted molar refractivity (Wildman–Crippen MR) is 123 cm³/mol. The van der Waals surface area contributed by atoms with Crippen molar-refractivity contribution in [1.29, 1.82) is 0 Å². The smallest absolute Gasteiger partial charge is 0.205 e. The number of ketones is 1. The zero-order valence-electron chi connectivity index (χ0n) is 17.5. The number of rotatable bonds is 14. The second-order valence-corrected chi connectivity index (χ2v) is 9.45. The summed E-state index contributed by atoms with van der Waals surface area (Å²) in [5, 5.41) is 6.35. The van der Waals surface area contributed by atoms with Crippen LogP contribution in [0.15, 0.2) is 34.7 Å². The molecule has 0 atom stereocenters. The lowest BCUT2D eigenvalue weighted by Gasteiger charge is -2.11. The van der Waals surface area contributed by atoms with Gasteiger partial charge in [0.05, 0.1) is 10.4 Å². The number of unbranched alkanes of at least 4 members (excludes halogenated alkanes) is 4. The monoisotopic (exact) mass is 418 g/mol. The topological polar surface area (TPSA) is 42.0 Å². The molecule has 0 aliphatic heterocycles. The minimum atomic E-state index is 0.0958. The Morgan fingerprint density at radius 3 is 2.61 bits per heavy atom. The lowest BCUT2D eigenvalue weighted by Crippen LogP contribution is -2.16. The second kappa shape index (κ2) is 13.1. The van der Waals surface area contributed by atoms with Gasteiger partial charge in [0.15, 0.2) is 0 Å². The number of nitrogens with zero attached hydrogens (tertiary/aromatic N) is 1. The van der Waals surface area contributed by atoms with Gasteiger partial charge in [-0.1, -0.05) is 46.1 Å². The van der Waals surface area contributed by atoms with E-state index in [1.807, 2.05) is 29.6 Å². The molecule has 2 heterocycles. The number of nitrogens with one attached hydrogen (secondary N) is 1. The largest absolute Gasteiger partial charge is 0.317 e. The van der Waals surface area contributed by atoms with Crippen molar-refractivity contribution in [2.45, 2.75) is 70.2 Å². The first-order valence-corrected chi connectivity index (χ1v) is 12.4. The molecule has 0 aliphatic rings. The minimum Gasteiger partial charge on any atom is -0.317 e. The number of hydrogen-bond acceptors (Lipinski definition) is 5. The quantitative estimate of drug-likeness (QED) is 0.215. The zero-order chi connectivity index (χ0) is 20.2. The van der Waals surface area contributed by atoms with Crippen LogP contribution in [0.1, 0.15) is 86.1 Å². The Bertz CT molecular complexity index is 699. The van der Waals surface area contributed by atoms with Crippen LogP contribution in [0.4, 0.5) is 0 Å². The molecule has 5 heteroatoms. The molecule has 0 saturated carbocycles. The Kier molecular flexibility index (Phi) is 10.8. The fourth-order valence-corrected chi connectivity index (χ4v) is 4.61. The fourth-order valence-electron chi connectivity index (χ4n) is 2.90. The summed E-state index contributed by atoms with van der Waals surface area (Å²) in [4.78, 5) is 18.4. The fraction of sp³-hybridized carbons (Fsp3) is 0.565. The van der Waals surface area contributed by atoms with Crippen LogP contribution < -0.4 is 5.32 Å². The highest BCUT2D eigenvalue weighted by Gasteiger charge is 2.17. The number of pyridine rings is 1. The van der Waals surface area contributed by atoms with Crippen LogP contribution in [-0.4, -0.2) is 29.6 Å². The van der Waals surface area contributed by atoms with Crippen LogP contribution in [-0.2, 0) is 0 Å². The zero-order valence-corrected chi connectivity index (χ0v) is 19.1. The maximum Gasteiger partial charge on any atom is 0.205 e. The minimum absolute atomic E-state index is 0.0958. The summed E-state index contributed by atoms with van der Waals surface area (Å²) < 4.78 is 0. The summed E-state index contributed by atoms with van der Waals surface area (Å²) in [6.07, 6.45) is 7.44. The number of carbonyl (C=O) groups is 1. The molecule has 0 unspecified atom stereocenters. The lowest BCUT2D eigenvalue weighted by atomic mass is 10.1. The number of thiophene rings is 1. The van der Waals surface area contributed by atoms with E-state index in [-0.39, 0.29) is 5.78 Å². The third-order valence-electron chi connectivity index (χ3n) is 4.66. The van der Waals surface area contributed by atoms with E-state index in [0.29, 0.717) is 5.92 Å². The summed E-state index contributed by atoms with van der Waals surface area (Å²) in [5.74, 6) is 1.48. The maximum absolute atomic E-state index is 12.8. The molecule has 1 N–H and O–H groups in total. The van der Waals surface area contributed by atoms with E-state index in [2.05, 4.69) is 26.1 Å². The van der Waals surface area contributed by atoms with E-state index in [1.54, 1.807) is 11.8 Å². The standard InChI is InChI=1S/C23H34N2OS2/c1-4-5-14-24-15-8-6-7-9-16-28-23-19(12-13-20(25-23)18(2)3)22(26)21-11-10-17-27-21/h10-13,17-18,24H,4-9,14-16H2,1-3H3. The average Bonchev–Trinajstić information content (AvgIpc) is 3.23. The highest BCUT2D eigenvalue weighted by atomic mass is 32.2. The molecule has 0 bridgehead atoms. The number of carbonyl (C=O) groups excluding carboxylic acids is 1. The van der Waals surface area contributed by atoms with Gasteiger partial charge in [-0.05, 0) is 67.6 Å². The number of thioether (sulfide) groups is 1. The van der Waals surface area contributed by atoms with Crippen LogP contribution in [0.25, 0.3) is 0 Å². The first kappa shape index (κ1) is 23.1. The molecule has 2 rings (SSSR count). The summed E-state index contributed by atoms with van der Waals surface area (Å²) in [5.41, 5.74) is 1.81. The second-order valence-electron chi connectivity index (χ2n) is 7.42. The molecule has 0 saturated heterocycles. The molecule has 28 heavy (non-hydrogen) atoms. The van der Waals surface area contributed by atoms with Crippen LogP contribution in [0.5, 0.6) is 0 Å². The van der Waals surface area contributed by atoms with Gasteiger partial charge in [0.25, 0.3) is 0 Å². The maximum atomic E-state index is 12.8. The molecule has 154 valence electrons. The average molecular weight is 419 g/mol. The Hall–Kier alpha value is -1.17. The van der Waals surface area contributed by atoms with Gasteiger partial charge in [-0.2, -0.15) is 0 Å². The van der Waals surface area contributed by atoms with Gasteiger partial charge in [0, 0.05) is 5.69 Å². The summed E-state index contributed by atoms with van der Waals surface area (Å²) in [6, 6.07) is 7.79. The molecule has 2 aromatic rings. The SMILES string of the molecule is CCCCNCCCCCCSc1nc(C(C)C)ccc1C(=O)c1cccs1. The highest BCUT2D eigenvalue weighted by Crippen LogP contribution is 2.27. The molecule has 0 fully saturated rings. The van der Waals surface area contributed by atoms with Gasteiger partial charge in [-0.25, -0.2) is 4.98 Å². The molecule has 2 aromatic heterocycles. The van der Waals surface area contributed by atoms with E-state index in [4.69, 9.17) is 4.98 Å². The van der Waals surface area contributed by atoms with E-state index < -0.39 is 0 Å². The van der Waals surface area contributed by atoms with Crippen LogP contribution in [0.2, 0.25) is 0 Å². The summed E-state index contributed by atoms with van der Waals surface area (Å²) in [7, 11) is 0. The molecule has 3 nitrogen and oxygen atoms in total.